The van der Waals surface area contributed by atoms with Crippen LogP contribution in [0.5, 0.6) is 5.75 Å². The van der Waals surface area contributed by atoms with Crippen molar-refractivity contribution in [1.29, 1.82) is 0 Å². The van der Waals surface area contributed by atoms with Crippen LogP contribution in [0, 0.1) is 5.92 Å². The summed E-state index contributed by atoms with van der Waals surface area (Å²) < 4.78 is 5.65. The number of piperidine rings is 1. The van der Waals surface area contributed by atoms with Crippen molar-refractivity contribution in [3.05, 3.63) is 29.8 Å². The molecular formula is C14H17NO3. The van der Waals surface area contributed by atoms with Crippen molar-refractivity contribution in [1.82, 2.24) is 5.32 Å². The molecule has 1 N–H and O–H groups in total. The number of hydrogen-bond donors (Lipinski definition) is 1. The van der Waals surface area contributed by atoms with Crippen molar-refractivity contribution in [2.45, 2.75) is 19.8 Å². The van der Waals surface area contributed by atoms with Crippen molar-refractivity contribution in [2.75, 3.05) is 13.2 Å². The van der Waals surface area contributed by atoms with Gasteiger partial charge in [-0.2, -0.15) is 0 Å². The van der Waals surface area contributed by atoms with E-state index in [1.165, 1.54) is 6.92 Å². The van der Waals surface area contributed by atoms with Crippen LogP contribution in [-0.2, 0) is 4.79 Å². The number of carbonyl (C=O) groups is 2. The van der Waals surface area contributed by atoms with E-state index < -0.39 is 0 Å². The second-order valence-corrected chi connectivity index (χ2v) is 4.60. The predicted octanol–water partition coefficient (Wildman–Crippen LogP) is 1.79. The highest BCUT2D eigenvalue weighted by atomic mass is 16.5. The molecule has 1 amide bonds. The van der Waals surface area contributed by atoms with Crippen LogP contribution in [0.3, 0.4) is 0 Å². The minimum atomic E-state index is 0.0255. The second kappa shape index (κ2) is 5.67. The lowest BCUT2D eigenvalue weighted by Crippen LogP contribution is -2.35. The molecule has 1 heterocycles. The van der Waals surface area contributed by atoms with E-state index in [2.05, 4.69) is 5.32 Å². The number of hydrogen-bond acceptors (Lipinski definition) is 3. The quantitative estimate of drug-likeness (QED) is 0.825. The Bertz CT molecular complexity index is 456. The molecule has 2 rings (SSSR count). The molecule has 1 saturated heterocycles. The summed E-state index contributed by atoms with van der Waals surface area (Å²) in [5, 5.41) is 2.80. The summed E-state index contributed by atoms with van der Waals surface area (Å²) in [6, 6.07) is 7.14. The molecule has 1 atom stereocenters. The molecule has 0 spiro atoms. The summed E-state index contributed by atoms with van der Waals surface area (Å²) in [4.78, 5) is 22.5. The fraction of sp³-hybridized carbons (Fsp3) is 0.429. The first-order valence-electron chi connectivity index (χ1n) is 6.15. The monoisotopic (exact) mass is 247 g/mol. The van der Waals surface area contributed by atoms with Gasteiger partial charge in [-0.05, 0) is 25.5 Å². The van der Waals surface area contributed by atoms with Gasteiger partial charge in [0.15, 0.2) is 5.78 Å². The number of carbonyl (C=O) groups excluding carboxylic acids is 2. The van der Waals surface area contributed by atoms with E-state index in [0.717, 1.165) is 13.0 Å². The van der Waals surface area contributed by atoms with Gasteiger partial charge in [-0.15, -0.1) is 0 Å². The van der Waals surface area contributed by atoms with Crippen molar-refractivity contribution >= 4 is 11.7 Å². The van der Waals surface area contributed by atoms with Crippen LogP contribution in [-0.4, -0.2) is 24.8 Å². The normalized spacial score (nSPS) is 19.2. The van der Waals surface area contributed by atoms with E-state index in [9.17, 15) is 9.59 Å². The molecule has 4 heteroatoms. The minimum Gasteiger partial charge on any atom is -0.493 e. The van der Waals surface area contributed by atoms with E-state index in [0.29, 0.717) is 24.3 Å². The molecule has 1 aromatic rings. The second-order valence-electron chi connectivity index (χ2n) is 4.60. The van der Waals surface area contributed by atoms with Gasteiger partial charge < -0.3 is 10.1 Å². The highest BCUT2D eigenvalue weighted by Crippen LogP contribution is 2.18. The number of amides is 1. The van der Waals surface area contributed by atoms with Gasteiger partial charge in [0.25, 0.3) is 0 Å². The van der Waals surface area contributed by atoms with Crippen LogP contribution >= 0.6 is 0 Å². The van der Waals surface area contributed by atoms with Crippen LogP contribution in [0.4, 0.5) is 0 Å². The maximum atomic E-state index is 11.2. The van der Waals surface area contributed by atoms with E-state index in [1.807, 2.05) is 6.07 Å². The maximum absolute atomic E-state index is 11.2. The van der Waals surface area contributed by atoms with Gasteiger partial charge in [0.2, 0.25) is 5.91 Å². The Morgan fingerprint density at radius 1 is 1.50 bits per heavy atom. The summed E-state index contributed by atoms with van der Waals surface area (Å²) >= 11 is 0. The Kier molecular flexibility index (Phi) is 3.97. The molecule has 1 fully saturated rings. The first-order valence-corrected chi connectivity index (χ1v) is 6.15. The standard InChI is InChI=1S/C14H17NO3/c1-10(16)12-3-2-4-13(8-12)18-9-11-5-6-15-14(17)7-11/h2-4,8,11H,5-7,9H2,1H3,(H,15,17). The summed E-state index contributed by atoms with van der Waals surface area (Å²) in [7, 11) is 0. The lowest BCUT2D eigenvalue weighted by Gasteiger charge is -2.22. The lowest BCUT2D eigenvalue weighted by molar-refractivity contribution is -0.123. The summed E-state index contributed by atoms with van der Waals surface area (Å²) in [6.07, 6.45) is 1.46. The zero-order valence-corrected chi connectivity index (χ0v) is 10.4. The average Bonchev–Trinajstić information content (AvgIpc) is 2.37. The van der Waals surface area contributed by atoms with Gasteiger partial charge in [-0.25, -0.2) is 0 Å². The predicted molar refractivity (Wildman–Crippen MR) is 67.7 cm³/mol. The molecule has 0 saturated carbocycles. The third kappa shape index (κ3) is 3.32. The van der Waals surface area contributed by atoms with Crippen LogP contribution in [0.1, 0.15) is 30.1 Å². The molecule has 96 valence electrons. The zero-order chi connectivity index (χ0) is 13.0. The first kappa shape index (κ1) is 12.6. The number of Topliss-reactive ketones (excluding diaryl/α,β-unsaturated/α-hetero) is 1. The molecule has 0 bridgehead atoms. The smallest absolute Gasteiger partial charge is 0.220 e. The van der Waals surface area contributed by atoms with E-state index in [4.69, 9.17) is 4.74 Å². The van der Waals surface area contributed by atoms with Crippen LogP contribution in [0.25, 0.3) is 0 Å². The number of rotatable bonds is 4. The van der Waals surface area contributed by atoms with Crippen LogP contribution in [0.15, 0.2) is 24.3 Å². The van der Waals surface area contributed by atoms with Gasteiger partial charge in [-0.1, -0.05) is 12.1 Å². The molecule has 1 unspecified atom stereocenters. The Hall–Kier alpha value is -1.84. The summed E-state index contributed by atoms with van der Waals surface area (Å²) in [5.41, 5.74) is 0.647. The van der Waals surface area contributed by atoms with Gasteiger partial charge >= 0.3 is 0 Å². The third-order valence-electron chi connectivity index (χ3n) is 3.08. The average molecular weight is 247 g/mol. The highest BCUT2D eigenvalue weighted by molar-refractivity contribution is 5.94. The Morgan fingerprint density at radius 2 is 2.33 bits per heavy atom. The Balaban J connectivity index is 1.91. The van der Waals surface area contributed by atoms with Crippen molar-refractivity contribution < 1.29 is 14.3 Å². The van der Waals surface area contributed by atoms with Gasteiger partial charge in [0.1, 0.15) is 5.75 Å². The van der Waals surface area contributed by atoms with Crippen molar-refractivity contribution in [3.8, 4) is 5.75 Å². The number of ether oxygens (including phenoxy) is 1. The molecular weight excluding hydrogens is 230 g/mol. The minimum absolute atomic E-state index is 0.0255. The third-order valence-corrected chi connectivity index (χ3v) is 3.08. The van der Waals surface area contributed by atoms with Crippen molar-refractivity contribution in [2.24, 2.45) is 5.92 Å². The fourth-order valence-corrected chi connectivity index (χ4v) is 2.01. The molecule has 1 aliphatic heterocycles. The maximum Gasteiger partial charge on any atom is 0.220 e. The largest absolute Gasteiger partial charge is 0.493 e. The molecule has 0 aliphatic carbocycles. The zero-order valence-electron chi connectivity index (χ0n) is 10.4. The molecule has 0 aromatic heterocycles. The number of benzene rings is 1. The number of nitrogens with one attached hydrogen (secondary N) is 1. The van der Waals surface area contributed by atoms with Crippen LogP contribution in [0.2, 0.25) is 0 Å². The first-order chi connectivity index (χ1) is 8.65. The summed E-state index contributed by atoms with van der Waals surface area (Å²) in [6.45, 7) is 2.78. The van der Waals surface area contributed by atoms with E-state index in [-0.39, 0.29) is 17.6 Å². The summed E-state index contributed by atoms with van der Waals surface area (Å²) in [5.74, 6) is 1.07. The topological polar surface area (TPSA) is 55.4 Å². The van der Waals surface area contributed by atoms with Crippen molar-refractivity contribution in [3.63, 3.8) is 0 Å². The van der Waals surface area contributed by atoms with Gasteiger partial charge in [0.05, 0.1) is 6.61 Å². The van der Waals surface area contributed by atoms with E-state index >= 15 is 0 Å². The lowest BCUT2D eigenvalue weighted by atomic mass is 9.99. The SMILES string of the molecule is CC(=O)c1cccc(OCC2CCNC(=O)C2)c1. The molecule has 0 radical (unpaired) electrons. The van der Waals surface area contributed by atoms with Gasteiger partial charge in [0, 0.05) is 24.4 Å². The molecule has 18 heavy (non-hydrogen) atoms. The van der Waals surface area contributed by atoms with Gasteiger partial charge in [-0.3, -0.25) is 9.59 Å². The Labute approximate surface area is 106 Å². The van der Waals surface area contributed by atoms with E-state index in [1.54, 1.807) is 18.2 Å². The van der Waals surface area contributed by atoms with Crippen LogP contribution < -0.4 is 10.1 Å². The molecule has 1 aromatic carbocycles. The fourth-order valence-electron chi connectivity index (χ4n) is 2.01. The highest BCUT2D eigenvalue weighted by Gasteiger charge is 2.19. The Morgan fingerprint density at radius 3 is 3.06 bits per heavy atom. The molecule has 1 aliphatic rings. The molecule has 4 nitrogen and oxygen atoms in total. The number of ketones is 1.